The van der Waals surface area contributed by atoms with E-state index < -0.39 is 0 Å². The van der Waals surface area contributed by atoms with Crippen LogP contribution in [0.3, 0.4) is 0 Å². The van der Waals surface area contributed by atoms with E-state index in [0.29, 0.717) is 6.04 Å². The highest BCUT2D eigenvalue weighted by Gasteiger charge is 2.13. The van der Waals surface area contributed by atoms with E-state index in [0.717, 1.165) is 30.8 Å². The van der Waals surface area contributed by atoms with Gasteiger partial charge in [0.2, 0.25) is 0 Å². The Labute approximate surface area is 136 Å². The summed E-state index contributed by atoms with van der Waals surface area (Å²) in [7, 11) is 0. The molecule has 1 aliphatic rings. The average Bonchev–Trinajstić information content (AvgIpc) is 3.09. The van der Waals surface area contributed by atoms with E-state index in [-0.39, 0.29) is 0 Å². The molecule has 4 heteroatoms. The number of rotatable bonds is 4. The van der Waals surface area contributed by atoms with Crippen molar-refractivity contribution in [2.75, 3.05) is 6.54 Å². The fourth-order valence-corrected chi connectivity index (χ4v) is 3.35. The largest absolute Gasteiger partial charge is 0.314 e. The number of aryl methyl sites for hydroxylation is 1. The Morgan fingerprint density at radius 2 is 2.00 bits per heavy atom. The van der Waals surface area contributed by atoms with Gasteiger partial charge in [0.1, 0.15) is 0 Å². The summed E-state index contributed by atoms with van der Waals surface area (Å²) >= 11 is 0. The summed E-state index contributed by atoms with van der Waals surface area (Å²) in [5.74, 6) is 0. The minimum absolute atomic E-state index is 0.648. The van der Waals surface area contributed by atoms with E-state index in [1.807, 2.05) is 4.68 Å². The first-order valence-corrected chi connectivity index (χ1v) is 8.52. The van der Waals surface area contributed by atoms with Crippen LogP contribution in [0.25, 0.3) is 16.5 Å². The molecular weight excluding hydrogens is 284 g/mol. The second-order valence-electron chi connectivity index (χ2n) is 6.37. The highest BCUT2D eigenvalue weighted by molar-refractivity contribution is 5.84. The van der Waals surface area contributed by atoms with Crippen LogP contribution >= 0.6 is 0 Å². The van der Waals surface area contributed by atoms with Crippen molar-refractivity contribution in [3.8, 4) is 5.69 Å². The molecule has 4 rings (SSSR count). The topological polar surface area (TPSA) is 42.7 Å². The average molecular weight is 306 g/mol. The van der Waals surface area contributed by atoms with Gasteiger partial charge in [-0.2, -0.15) is 0 Å². The molecule has 118 valence electrons. The normalized spacial score (nSPS) is 18.3. The lowest BCUT2D eigenvalue weighted by molar-refractivity contribution is 0.382. The quantitative estimate of drug-likeness (QED) is 0.802. The van der Waals surface area contributed by atoms with Gasteiger partial charge < -0.3 is 5.32 Å². The van der Waals surface area contributed by atoms with Gasteiger partial charge in [-0.25, -0.2) is 4.68 Å². The summed E-state index contributed by atoms with van der Waals surface area (Å²) in [4.78, 5) is 0. The molecule has 1 aromatic heterocycles. The van der Waals surface area contributed by atoms with Crippen LogP contribution in [0.4, 0.5) is 0 Å². The zero-order valence-electron chi connectivity index (χ0n) is 13.3. The van der Waals surface area contributed by atoms with Gasteiger partial charge >= 0.3 is 0 Å². The number of benzene rings is 2. The molecule has 1 fully saturated rings. The summed E-state index contributed by atoms with van der Waals surface area (Å²) in [6.07, 6.45) is 8.16. The minimum atomic E-state index is 0.648. The summed E-state index contributed by atoms with van der Waals surface area (Å²) in [5.41, 5.74) is 2.14. The molecule has 1 aliphatic heterocycles. The standard InChI is InChI=1S/C19H22N4/c1-2-6-16-13-19(11-8-15(16)5-1)23-14-18(21-22-23)10-9-17-7-3-4-12-20-17/h1-2,5-6,8,11,13-14,17,20H,3-4,7,9-10,12H2. The fourth-order valence-electron chi connectivity index (χ4n) is 3.35. The van der Waals surface area contributed by atoms with Crippen molar-refractivity contribution < 1.29 is 0 Å². The molecule has 3 aromatic rings. The second kappa shape index (κ2) is 6.50. The van der Waals surface area contributed by atoms with Crippen molar-refractivity contribution in [3.63, 3.8) is 0 Å². The number of hydrogen-bond acceptors (Lipinski definition) is 3. The Balaban J connectivity index is 1.47. The van der Waals surface area contributed by atoms with Crippen LogP contribution in [-0.2, 0) is 6.42 Å². The van der Waals surface area contributed by atoms with Gasteiger partial charge in [0, 0.05) is 6.04 Å². The van der Waals surface area contributed by atoms with Crippen molar-refractivity contribution in [3.05, 3.63) is 54.4 Å². The van der Waals surface area contributed by atoms with Gasteiger partial charge in [-0.15, -0.1) is 5.10 Å². The molecule has 1 saturated heterocycles. The highest BCUT2D eigenvalue weighted by Crippen LogP contribution is 2.18. The Bertz CT molecular complexity index is 787. The Hall–Kier alpha value is -2.20. The van der Waals surface area contributed by atoms with Crippen molar-refractivity contribution >= 4 is 10.8 Å². The van der Waals surface area contributed by atoms with Crippen LogP contribution in [0.1, 0.15) is 31.4 Å². The monoisotopic (exact) mass is 306 g/mol. The van der Waals surface area contributed by atoms with Crippen LogP contribution in [0.2, 0.25) is 0 Å². The third kappa shape index (κ3) is 3.27. The lowest BCUT2D eigenvalue weighted by atomic mass is 10.00. The molecule has 1 N–H and O–H groups in total. The molecule has 0 aliphatic carbocycles. The molecule has 2 heterocycles. The highest BCUT2D eigenvalue weighted by atomic mass is 15.4. The number of nitrogens with one attached hydrogen (secondary N) is 1. The van der Waals surface area contributed by atoms with Crippen LogP contribution in [0, 0.1) is 0 Å². The summed E-state index contributed by atoms with van der Waals surface area (Å²) < 4.78 is 1.88. The van der Waals surface area contributed by atoms with E-state index in [1.54, 1.807) is 0 Å². The second-order valence-corrected chi connectivity index (χ2v) is 6.37. The van der Waals surface area contributed by atoms with Crippen molar-refractivity contribution in [1.29, 1.82) is 0 Å². The predicted octanol–water partition coefficient (Wildman–Crippen LogP) is 3.50. The van der Waals surface area contributed by atoms with Gasteiger partial charge in [0.25, 0.3) is 0 Å². The zero-order chi connectivity index (χ0) is 15.5. The third-order valence-electron chi connectivity index (χ3n) is 4.70. The van der Waals surface area contributed by atoms with Gasteiger partial charge in [-0.1, -0.05) is 42.0 Å². The SMILES string of the molecule is c1ccc2cc(-n3cc(CCC4CCCCN4)nn3)ccc2c1. The lowest BCUT2D eigenvalue weighted by Crippen LogP contribution is -2.34. The first kappa shape index (κ1) is 14.4. The number of fused-ring (bicyclic) bond motifs is 1. The number of piperidine rings is 1. The van der Waals surface area contributed by atoms with E-state index in [2.05, 4.69) is 64.3 Å². The molecular formula is C19H22N4. The summed E-state index contributed by atoms with van der Waals surface area (Å²) in [6, 6.07) is 15.4. The van der Waals surface area contributed by atoms with Gasteiger partial charge in [0.05, 0.1) is 17.6 Å². The smallest absolute Gasteiger partial charge is 0.0832 e. The van der Waals surface area contributed by atoms with Gasteiger partial charge in [-0.3, -0.25) is 0 Å². The molecule has 4 nitrogen and oxygen atoms in total. The van der Waals surface area contributed by atoms with Gasteiger partial charge in [-0.05, 0) is 55.1 Å². The van der Waals surface area contributed by atoms with Crippen molar-refractivity contribution in [2.24, 2.45) is 0 Å². The van der Waals surface area contributed by atoms with Crippen LogP contribution in [-0.4, -0.2) is 27.6 Å². The molecule has 0 amide bonds. The molecule has 0 radical (unpaired) electrons. The maximum atomic E-state index is 4.34. The summed E-state index contributed by atoms with van der Waals surface area (Å²) in [6.45, 7) is 1.16. The summed E-state index contributed by atoms with van der Waals surface area (Å²) in [5, 5.41) is 14.7. The Morgan fingerprint density at radius 1 is 1.09 bits per heavy atom. The number of aromatic nitrogens is 3. The van der Waals surface area contributed by atoms with Gasteiger partial charge in [0.15, 0.2) is 0 Å². The van der Waals surface area contributed by atoms with Crippen LogP contribution < -0.4 is 5.32 Å². The first-order chi connectivity index (χ1) is 11.4. The molecule has 0 saturated carbocycles. The van der Waals surface area contributed by atoms with Crippen LogP contribution in [0.5, 0.6) is 0 Å². The van der Waals surface area contributed by atoms with Crippen molar-refractivity contribution in [2.45, 2.75) is 38.1 Å². The molecule has 1 atom stereocenters. The maximum Gasteiger partial charge on any atom is 0.0832 e. The lowest BCUT2D eigenvalue weighted by Gasteiger charge is -2.22. The molecule has 23 heavy (non-hydrogen) atoms. The van der Waals surface area contributed by atoms with E-state index in [1.165, 1.54) is 30.0 Å². The Morgan fingerprint density at radius 3 is 2.87 bits per heavy atom. The van der Waals surface area contributed by atoms with E-state index in [4.69, 9.17) is 0 Å². The van der Waals surface area contributed by atoms with E-state index >= 15 is 0 Å². The van der Waals surface area contributed by atoms with E-state index in [9.17, 15) is 0 Å². The Kier molecular flexibility index (Phi) is 4.07. The number of nitrogens with zero attached hydrogens (tertiary/aromatic N) is 3. The predicted molar refractivity (Wildman–Crippen MR) is 92.8 cm³/mol. The maximum absolute atomic E-state index is 4.34. The molecule has 1 unspecified atom stereocenters. The molecule has 2 aromatic carbocycles. The molecule has 0 spiro atoms. The fraction of sp³-hybridized carbons (Fsp3) is 0.368. The third-order valence-corrected chi connectivity index (χ3v) is 4.70. The minimum Gasteiger partial charge on any atom is -0.314 e. The first-order valence-electron chi connectivity index (χ1n) is 8.52. The van der Waals surface area contributed by atoms with Crippen molar-refractivity contribution in [1.82, 2.24) is 20.3 Å². The molecule has 0 bridgehead atoms. The van der Waals surface area contributed by atoms with Crippen LogP contribution in [0.15, 0.2) is 48.7 Å². The number of hydrogen-bond donors (Lipinski definition) is 1. The zero-order valence-corrected chi connectivity index (χ0v) is 13.3.